The molecular weight excluding hydrogens is 488 g/mol. The third-order valence-electron chi connectivity index (χ3n) is 6.98. The van der Waals surface area contributed by atoms with Crippen LogP contribution in [0.15, 0.2) is 72.0 Å². The van der Waals surface area contributed by atoms with Crippen LogP contribution in [0.1, 0.15) is 31.9 Å². The first-order chi connectivity index (χ1) is 17.7. The van der Waals surface area contributed by atoms with Gasteiger partial charge in [0.1, 0.15) is 18.5 Å². The van der Waals surface area contributed by atoms with Crippen molar-refractivity contribution >= 4 is 34.2 Å². The summed E-state index contributed by atoms with van der Waals surface area (Å²) in [4.78, 5) is 23.3. The summed E-state index contributed by atoms with van der Waals surface area (Å²) < 4.78 is 6.05. The molecule has 0 bridgehead atoms. The highest BCUT2D eigenvalue weighted by Gasteiger charge is 2.41. The van der Waals surface area contributed by atoms with Gasteiger partial charge in [-0.3, -0.25) is 14.9 Å². The molecule has 1 aliphatic heterocycles. The van der Waals surface area contributed by atoms with Gasteiger partial charge in [0.2, 0.25) is 5.91 Å². The molecule has 4 N–H and O–H groups in total. The highest BCUT2D eigenvalue weighted by atomic mass is 32.2. The first kappa shape index (κ1) is 27.0. The van der Waals surface area contributed by atoms with Crippen LogP contribution in [-0.4, -0.2) is 52.5 Å². The van der Waals surface area contributed by atoms with Crippen molar-refractivity contribution in [2.24, 2.45) is 11.3 Å². The van der Waals surface area contributed by atoms with E-state index in [2.05, 4.69) is 43.5 Å². The lowest BCUT2D eigenvalue weighted by molar-refractivity contribution is -0.118. The van der Waals surface area contributed by atoms with E-state index in [1.54, 1.807) is 0 Å². The molecule has 2 aliphatic rings. The molecular formula is C29H34N2O5S. The molecule has 0 radical (unpaired) electrons. The van der Waals surface area contributed by atoms with Gasteiger partial charge in [0.05, 0.1) is 11.9 Å². The van der Waals surface area contributed by atoms with E-state index in [9.17, 15) is 19.8 Å². The van der Waals surface area contributed by atoms with E-state index in [1.165, 1.54) is 5.57 Å². The topological polar surface area (TPSA) is 108 Å². The molecule has 2 aromatic carbocycles. The van der Waals surface area contributed by atoms with Gasteiger partial charge in [-0.25, -0.2) is 0 Å². The number of hydrogen-bond donors (Lipinski definition) is 4. The predicted molar refractivity (Wildman–Crippen MR) is 147 cm³/mol. The van der Waals surface area contributed by atoms with Crippen molar-refractivity contribution < 1.29 is 24.5 Å². The lowest BCUT2D eigenvalue weighted by Crippen LogP contribution is -2.37. The fourth-order valence-corrected chi connectivity index (χ4v) is 5.95. The molecule has 2 unspecified atom stereocenters. The largest absolute Gasteiger partial charge is 0.495 e. The molecule has 196 valence electrons. The molecule has 1 fully saturated rings. The smallest absolute Gasteiger partial charge is 0.286 e. The third kappa shape index (κ3) is 6.26. The van der Waals surface area contributed by atoms with Crippen molar-refractivity contribution in [1.29, 1.82) is 0 Å². The Hall–Kier alpha value is -3.07. The Bertz CT molecular complexity index is 1190. The maximum atomic E-state index is 11.9. The van der Waals surface area contributed by atoms with Gasteiger partial charge in [0, 0.05) is 23.6 Å². The summed E-state index contributed by atoms with van der Waals surface area (Å²) in [7, 11) is 0. The van der Waals surface area contributed by atoms with Gasteiger partial charge in [0.25, 0.3) is 5.24 Å². The molecule has 3 atom stereocenters. The van der Waals surface area contributed by atoms with Gasteiger partial charge in [0.15, 0.2) is 0 Å². The number of ether oxygens (including phenoxy) is 1. The molecule has 1 saturated heterocycles. The number of imide groups is 1. The van der Waals surface area contributed by atoms with Gasteiger partial charge in [-0.05, 0) is 53.8 Å². The second-order valence-electron chi connectivity index (χ2n) is 10.1. The van der Waals surface area contributed by atoms with Crippen molar-refractivity contribution in [2.75, 3.05) is 25.1 Å². The van der Waals surface area contributed by atoms with E-state index in [1.807, 2.05) is 48.5 Å². The first-order valence-electron chi connectivity index (χ1n) is 12.4. The maximum absolute atomic E-state index is 11.9. The minimum Gasteiger partial charge on any atom is -0.495 e. The molecule has 0 saturated carbocycles. The normalized spacial score (nSPS) is 21.9. The van der Waals surface area contributed by atoms with E-state index in [4.69, 9.17) is 4.74 Å². The minimum atomic E-state index is -0.944. The molecule has 4 rings (SSSR count). The Labute approximate surface area is 222 Å². The maximum Gasteiger partial charge on any atom is 0.286 e. The molecule has 2 amide bonds. The van der Waals surface area contributed by atoms with Crippen LogP contribution >= 0.6 is 11.8 Å². The van der Waals surface area contributed by atoms with Crippen molar-refractivity contribution in [1.82, 2.24) is 5.32 Å². The molecule has 0 aromatic heterocycles. The van der Waals surface area contributed by atoms with Crippen LogP contribution in [0.3, 0.4) is 0 Å². The fourth-order valence-electron chi connectivity index (χ4n) is 5.09. The zero-order valence-corrected chi connectivity index (χ0v) is 22.2. The van der Waals surface area contributed by atoms with Crippen molar-refractivity contribution in [3.8, 4) is 0 Å². The number of thioether (sulfide) groups is 1. The van der Waals surface area contributed by atoms with Crippen LogP contribution in [0.2, 0.25) is 0 Å². The summed E-state index contributed by atoms with van der Waals surface area (Å²) in [5.74, 6) is 0.495. The van der Waals surface area contributed by atoms with Crippen LogP contribution < -0.4 is 10.6 Å². The number of carbonyl (C=O) groups excluding carboxylic acids is 2. The van der Waals surface area contributed by atoms with Crippen LogP contribution in [0.5, 0.6) is 0 Å². The monoisotopic (exact) mass is 522 g/mol. The Morgan fingerprint density at radius 3 is 2.43 bits per heavy atom. The first-order valence-corrected chi connectivity index (χ1v) is 13.3. The minimum absolute atomic E-state index is 0.0207. The van der Waals surface area contributed by atoms with Gasteiger partial charge in [-0.15, -0.1) is 0 Å². The summed E-state index contributed by atoms with van der Waals surface area (Å²) in [6.07, 6.45) is 1.59. The summed E-state index contributed by atoms with van der Waals surface area (Å²) in [5, 5.41) is 24.3. The Balaban J connectivity index is 1.51. The van der Waals surface area contributed by atoms with Crippen molar-refractivity contribution in [3.63, 3.8) is 0 Å². The summed E-state index contributed by atoms with van der Waals surface area (Å²) in [5.41, 5.74) is 5.15. The number of anilines is 1. The van der Waals surface area contributed by atoms with E-state index >= 15 is 0 Å². The number of amides is 2. The fraction of sp³-hybridized carbons (Fsp3) is 0.379. The highest BCUT2D eigenvalue weighted by molar-refractivity contribution is 8.15. The van der Waals surface area contributed by atoms with Gasteiger partial charge in [-0.2, -0.15) is 0 Å². The van der Waals surface area contributed by atoms with E-state index in [0.29, 0.717) is 13.0 Å². The highest BCUT2D eigenvalue weighted by Crippen LogP contribution is 2.49. The van der Waals surface area contributed by atoms with E-state index in [-0.39, 0.29) is 40.9 Å². The number of aliphatic hydroxyl groups is 2. The predicted octanol–water partition coefficient (Wildman–Crippen LogP) is 4.38. The molecule has 37 heavy (non-hydrogen) atoms. The summed E-state index contributed by atoms with van der Waals surface area (Å²) in [6, 6.07) is 18.2. The number of allylic oxidation sites excluding steroid dienone is 3. The second kappa shape index (κ2) is 11.5. The average Bonchev–Trinajstić information content (AvgIpc) is 3.19. The Morgan fingerprint density at radius 1 is 1.11 bits per heavy atom. The SMILES string of the molecule is CC1=C(c2ccccc2)C(C)(C)C(CNc2ccc(CC3SC(=O)NC3=O)cc2)C(OC[C@@H](O)CO)=C1. The Morgan fingerprint density at radius 2 is 1.81 bits per heavy atom. The van der Waals surface area contributed by atoms with Gasteiger partial charge < -0.3 is 20.3 Å². The number of benzene rings is 2. The van der Waals surface area contributed by atoms with Crippen molar-refractivity contribution in [2.45, 2.75) is 38.5 Å². The van der Waals surface area contributed by atoms with Crippen LogP contribution in [-0.2, 0) is 16.0 Å². The van der Waals surface area contributed by atoms with Crippen molar-refractivity contribution in [3.05, 3.63) is 83.1 Å². The molecule has 1 heterocycles. The Kier molecular flexibility index (Phi) is 8.42. The van der Waals surface area contributed by atoms with Gasteiger partial charge >= 0.3 is 0 Å². The molecule has 1 aliphatic carbocycles. The molecule has 7 nitrogen and oxygen atoms in total. The number of rotatable bonds is 10. The number of carbonyl (C=O) groups is 2. The zero-order valence-electron chi connectivity index (χ0n) is 21.4. The zero-order chi connectivity index (χ0) is 26.6. The lowest BCUT2D eigenvalue weighted by atomic mass is 9.65. The van der Waals surface area contributed by atoms with Crippen LogP contribution in [0.25, 0.3) is 5.57 Å². The average molecular weight is 523 g/mol. The molecule has 2 aromatic rings. The summed E-state index contributed by atoms with van der Waals surface area (Å²) in [6.45, 7) is 6.75. The number of hydrogen-bond acceptors (Lipinski definition) is 7. The summed E-state index contributed by atoms with van der Waals surface area (Å²) >= 11 is 1.04. The third-order valence-corrected chi connectivity index (χ3v) is 7.96. The van der Waals surface area contributed by atoms with E-state index < -0.39 is 6.10 Å². The van der Waals surface area contributed by atoms with Gasteiger partial charge in [-0.1, -0.05) is 68.1 Å². The second-order valence-corrected chi connectivity index (χ2v) is 11.2. The van der Waals surface area contributed by atoms with E-state index in [0.717, 1.165) is 39.9 Å². The molecule has 8 heteroatoms. The lowest BCUT2D eigenvalue weighted by Gasteiger charge is -2.42. The number of nitrogens with one attached hydrogen (secondary N) is 2. The van der Waals surface area contributed by atoms with Crippen LogP contribution in [0, 0.1) is 11.3 Å². The standard InChI is InChI=1S/C29H34N2O5S/c1-18-13-24(36-17-22(33)16-32)23(29(2,3)26(18)20-7-5-4-6-8-20)15-30-21-11-9-19(10-12-21)14-25-27(34)31-28(35)37-25/h4-13,22-23,25,30,32-33H,14-17H2,1-3H3,(H,31,34,35)/t22-,23?,25?/m0/s1. The molecule has 0 spiro atoms. The number of aliphatic hydroxyl groups excluding tert-OH is 2. The quantitative estimate of drug-likeness (QED) is 0.367. The van der Waals surface area contributed by atoms with Crippen LogP contribution in [0.4, 0.5) is 10.5 Å².